The number of carbonyl (C=O) groups excluding carboxylic acids is 1. The topological polar surface area (TPSA) is 46.5 Å². The highest BCUT2D eigenvalue weighted by Crippen LogP contribution is 2.32. The summed E-state index contributed by atoms with van der Waals surface area (Å²) in [4.78, 5) is 11.6. The van der Waals surface area contributed by atoms with Gasteiger partial charge >= 0.3 is 0 Å². The van der Waals surface area contributed by atoms with E-state index in [0.29, 0.717) is 24.0 Å². The number of aliphatic hydroxyl groups excluding tert-OH is 1. The number of hydrogen-bond acceptors (Lipinski definition) is 3. The van der Waals surface area contributed by atoms with Gasteiger partial charge in [-0.3, -0.25) is 4.79 Å². The lowest BCUT2D eigenvalue weighted by atomic mass is 9.79. The molecule has 1 saturated carbocycles. The fourth-order valence-corrected chi connectivity index (χ4v) is 3.03. The molecule has 1 aliphatic rings. The van der Waals surface area contributed by atoms with Crippen LogP contribution in [0.5, 0.6) is 0 Å². The molecule has 0 aromatic heterocycles. The van der Waals surface area contributed by atoms with E-state index in [4.69, 9.17) is 4.74 Å². The number of aliphatic hydroxyl groups is 1. The second-order valence-electron chi connectivity index (χ2n) is 6.52. The SMILES string of the molecule is CO[C@@H]1C[C@H](C[C@@H](C)CCC(=O)C(C)C)CC[C@H]1O. The lowest BCUT2D eigenvalue weighted by Gasteiger charge is -2.33. The molecule has 0 saturated heterocycles. The maximum absolute atomic E-state index is 11.6. The van der Waals surface area contributed by atoms with Gasteiger partial charge in [-0.1, -0.05) is 20.8 Å². The van der Waals surface area contributed by atoms with Crippen LogP contribution in [0.4, 0.5) is 0 Å². The Morgan fingerprint density at radius 1 is 1.32 bits per heavy atom. The van der Waals surface area contributed by atoms with Crippen molar-refractivity contribution in [2.24, 2.45) is 17.8 Å². The summed E-state index contributed by atoms with van der Waals surface area (Å²) in [5, 5.41) is 9.79. The van der Waals surface area contributed by atoms with Gasteiger partial charge in [0.15, 0.2) is 0 Å². The quantitative estimate of drug-likeness (QED) is 0.773. The van der Waals surface area contributed by atoms with Gasteiger partial charge in [0.2, 0.25) is 0 Å². The van der Waals surface area contributed by atoms with Gasteiger partial charge in [0.1, 0.15) is 5.78 Å². The molecule has 3 nitrogen and oxygen atoms in total. The van der Waals surface area contributed by atoms with Crippen LogP contribution in [0.25, 0.3) is 0 Å². The highest BCUT2D eigenvalue weighted by atomic mass is 16.5. The molecule has 3 heteroatoms. The minimum atomic E-state index is -0.293. The molecule has 1 fully saturated rings. The molecule has 0 radical (unpaired) electrons. The molecule has 0 aromatic rings. The standard InChI is InChI=1S/C16H30O3/c1-11(2)14(17)7-5-12(3)9-13-6-8-15(18)16(10-13)19-4/h11-13,15-16,18H,5-10H2,1-4H3/t12-,13-,15+,16+/m0/s1. The zero-order valence-corrected chi connectivity index (χ0v) is 12.9. The Labute approximate surface area is 117 Å². The van der Waals surface area contributed by atoms with E-state index in [1.54, 1.807) is 7.11 Å². The molecular weight excluding hydrogens is 240 g/mol. The molecule has 0 unspecified atom stereocenters. The van der Waals surface area contributed by atoms with E-state index in [-0.39, 0.29) is 18.1 Å². The number of hydrogen-bond donors (Lipinski definition) is 1. The van der Waals surface area contributed by atoms with Gasteiger partial charge in [0.25, 0.3) is 0 Å². The predicted molar refractivity (Wildman–Crippen MR) is 77.0 cm³/mol. The first-order valence-electron chi connectivity index (χ1n) is 7.67. The number of Topliss-reactive ketones (excluding diaryl/α,β-unsaturated/α-hetero) is 1. The minimum absolute atomic E-state index is 0.00301. The van der Waals surface area contributed by atoms with E-state index in [0.717, 1.165) is 32.1 Å². The molecular formula is C16H30O3. The highest BCUT2D eigenvalue weighted by molar-refractivity contribution is 5.80. The molecule has 0 aromatic carbocycles. The second kappa shape index (κ2) is 8.01. The Hall–Kier alpha value is -0.410. The van der Waals surface area contributed by atoms with Crippen molar-refractivity contribution in [3.05, 3.63) is 0 Å². The van der Waals surface area contributed by atoms with Gasteiger partial charge in [-0.2, -0.15) is 0 Å². The van der Waals surface area contributed by atoms with Gasteiger partial charge in [0.05, 0.1) is 12.2 Å². The van der Waals surface area contributed by atoms with E-state index in [1.165, 1.54) is 0 Å². The Morgan fingerprint density at radius 3 is 2.58 bits per heavy atom. The van der Waals surface area contributed by atoms with E-state index >= 15 is 0 Å². The highest BCUT2D eigenvalue weighted by Gasteiger charge is 2.29. The predicted octanol–water partition coefficient (Wildman–Crippen LogP) is 3.19. The molecule has 4 atom stereocenters. The first-order valence-corrected chi connectivity index (χ1v) is 7.67. The van der Waals surface area contributed by atoms with Crippen LogP contribution < -0.4 is 0 Å². The second-order valence-corrected chi connectivity index (χ2v) is 6.52. The van der Waals surface area contributed by atoms with Crippen LogP contribution in [0.15, 0.2) is 0 Å². The Balaban J connectivity index is 2.28. The fourth-order valence-electron chi connectivity index (χ4n) is 3.03. The molecule has 0 bridgehead atoms. The van der Waals surface area contributed by atoms with Crippen LogP contribution in [0, 0.1) is 17.8 Å². The summed E-state index contributed by atoms with van der Waals surface area (Å²) in [7, 11) is 1.68. The largest absolute Gasteiger partial charge is 0.390 e. The number of methoxy groups -OCH3 is 1. The zero-order valence-electron chi connectivity index (χ0n) is 12.9. The Bertz CT molecular complexity index is 275. The van der Waals surface area contributed by atoms with Crippen molar-refractivity contribution < 1.29 is 14.6 Å². The van der Waals surface area contributed by atoms with Crippen LogP contribution in [0.2, 0.25) is 0 Å². The first-order chi connectivity index (χ1) is 8.93. The lowest BCUT2D eigenvalue weighted by Crippen LogP contribution is -2.35. The third-order valence-electron chi connectivity index (χ3n) is 4.43. The maximum Gasteiger partial charge on any atom is 0.135 e. The molecule has 0 amide bonds. The van der Waals surface area contributed by atoms with Crippen molar-refractivity contribution in [3.8, 4) is 0 Å². The molecule has 0 spiro atoms. The number of carbonyl (C=O) groups is 1. The van der Waals surface area contributed by atoms with Crippen LogP contribution in [-0.2, 0) is 9.53 Å². The Morgan fingerprint density at radius 2 is 2.00 bits per heavy atom. The van der Waals surface area contributed by atoms with E-state index in [1.807, 2.05) is 13.8 Å². The summed E-state index contributed by atoms with van der Waals surface area (Å²) in [5.74, 6) is 1.76. The summed E-state index contributed by atoms with van der Waals surface area (Å²) < 4.78 is 5.34. The van der Waals surface area contributed by atoms with Crippen molar-refractivity contribution in [2.45, 2.75) is 71.5 Å². The average molecular weight is 270 g/mol. The summed E-state index contributed by atoms with van der Waals surface area (Å²) in [5.41, 5.74) is 0. The molecule has 19 heavy (non-hydrogen) atoms. The van der Waals surface area contributed by atoms with Crippen molar-refractivity contribution in [1.82, 2.24) is 0 Å². The summed E-state index contributed by atoms with van der Waals surface area (Å²) in [6.07, 6.45) is 5.46. The summed E-state index contributed by atoms with van der Waals surface area (Å²) >= 11 is 0. The molecule has 1 rings (SSSR count). The summed E-state index contributed by atoms with van der Waals surface area (Å²) in [6.45, 7) is 6.18. The maximum atomic E-state index is 11.6. The van der Waals surface area contributed by atoms with E-state index in [9.17, 15) is 9.90 Å². The van der Waals surface area contributed by atoms with Crippen LogP contribution in [0.1, 0.15) is 59.3 Å². The van der Waals surface area contributed by atoms with Crippen LogP contribution in [0.3, 0.4) is 0 Å². The van der Waals surface area contributed by atoms with E-state index < -0.39 is 0 Å². The normalized spacial score (nSPS) is 29.5. The van der Waals surface area contributed by atoms with Crippen molar-refractivity contribution >= 4 is 5.78 Å². The van der Waals surface area contributed by atoms with Crippen molar-refractivity contribution in [2.75, 3.05) is 7.11 Å². The third-order valence-corrected chi connectivity index (χ3v) is 4.43. The number of rotatable bonds is 7. The average Bonchev–Trinajstić information content (AvgIpc) is 2.38. The van der Waals surface area contributed by atoms with E-state index in [2.05, 4.69) is 6.92 Å². The number of ketones is 1. The van der Waals surface area contributed by atoms with Crippen molar-refractivity contribution in [1.29, 1.82) is 0 Å². The Kier molecular flexibility index (Phi) is 7.01. The third kappa shape index (κ3) is 5.62. The van der Waals surface area contributed by atoms with Crippen molar-refractivity contribution in [3.63, 3.8) is 0 Å². The van der Waals surface area contributed by atoms with Crippen LogP contribution in [-0.4, -0.2) is 30.2 Å². The fraction of sp³-hybridized carbons (Fsp3) is 0.938. The number of ether oxygens (including phenoxy) is 1. The van der Waals surface area contributed by atoms with Gasteiger partial charge in [-0.25, -0.2) is 0 Å². The minimum Gasteiger partial charge on any atom is -0.390 e. The van der Waals surface area contributed by atoms with Crippen LogP contribution >= 0.6 is 0 Å². The molecule has 0 heterocycles. The molecule has 112 valence electrons. The molecule has 0 aliphatic heterocycles. The van der Waals surface area contributed by atoms with Gasteiger partial charge in [-0.05, 0) is 43.9 Å². The smallest absolute Gasteiger partial charge is 0.135 e. The van der Waals surface area contributed by atoms with Gasteiger partial charge in [-0.15, -0.1) is 0 Å². The first kappa shape index (κ1) is 16.6. The molecule has 1 aliphatic carbocycles. The lowest BCUT2D eigenvalue weighted by molar-refractivity contribution is -0.122. The monoisotopic (exact) mass is 270 g/mol. The molecule has 1 N–H and O–H groups in total. The van der Waals surface area contributed by atoms with Gasteiger partial charge < -0.3 is 9.84 Å². The van der Waals surface area contributed by atoms with Gasteiger partial charge in [0, 0.05) is 19.4 Å². The zero-order chi connectivity index (χ0) is 14.4. The summed E-state index contributed by atoms with van der Waals surface area (Å²) in [6, 6.07) is 0.